The first kappa shape index (κ1) is 13.5. The number of para-hydroxylation sites is 2. The first-order valence-corrected chi connectivity index (χ1v) is 5.27. The Morgan fingerprint density at radius 2 is 1.41 bits per heavy atom. The molecule has 89 valence electrons. The topological polar surface area (TPSA) is 24.4 Å². The van der Waals surface area contributed by atoms with Gasteiger partial charge in [0.15, 0.2) is 0 Å². The number of aliphatic imine (C=N–C) groups is 1. The van der Waals surface area contributed by atoms with Crippen LogP contribution in [0.4, 0.5) is 11.4 Å². The van der Waals surface area contributed by atoms with Crippen molar-refractivity contribution in [1.29, 1.82) is 0 Å². The Balaban J connectivity index is 0.00000144. The Morgan fingerprint density at radius 1 is 0.882 bits per heavy atom. The molecule has 0 amide bonds. The van der Waals surface area contributed by atoms with Crippen LogP contribution in [-0.4, -0.2) is 5.84 Å². The molecular weight excluding hydrogens is 260 g/mol. The van der Waals surface area contributed by atoms with E-state index < -0.39 is 0 Å². The van der Waals surface area contributed by atoms with Gasteiger partial charge < -0.3 is 5.32 Å². The Labute approximate surface area is 112 Å². The number of nitrogens with one attached hydrogen (secondary N) is 1. The zero-order valence-electron chi connectivity index (χ0n) is 9.52. The summed E-state index contributed by atoms with van der Waals surface area (Å²) in [6.07, 6.45) is 0. The molecule has 2 aromatic rings. The Kier molecular flexibility index (Phi) is 5.47. The molecule has 17 heavy (non-hydrogen) atoms. The van der Waals surface area contributed by atoms with Crippen molar-refractivity contribution in [3.05, 3.63) is 60.7 Å². The molecule has 2 rings (SSSR count). The molecule has 0 aliphatic rings. The average molecular weight is 274 g/mol. The van der Waals surface area contributed by atoms with Gasteiger partial charge in [0, 0.05) is 5.69 Å². The average Bonchev–Trinajstić information content (AvgIpc) is 2.31. The number of nitrogens with zero attached hydrogens (tertiary/aromatic N) is 1. The minimum absolute atomic E-state index is 0. The van der Waals surface area contributed by atoms with Crippen LogP contribution in [0.15, 0.2) is 65.7 Å². The number of rotatable bonds is 2. The number of amidine groups is 1. The maximum atomic E-state index is 4.46. The van der Waals surface area contributed by atoms with Crippen LogP contribution in [0.5, 0.6) is 0 Å². The van der Waals surface area contributed by atoms with Gasteiger partial charge in [0.05, 0.1) is 5.69 Å². The summed E-state index contributed by atoms with van der Waals surface area (Å²) in [5.41, 5.74) is 2.02. The fraction of sp³-hybridized carbons (Fsp3) is 0.0714. The molecule has 1 N–H and O–H groups in total. The summed E-state index contributed by atoms with van der Waals surface area (Å²) in [4.78, 5) is 4.46. The van der Waals surface area contributed by atoms with Crippen molar-refractivity contribution >= 4 is 17.2 Å². The van der Waals surface area contributed by atoms with E-state index in [4.69, 9.17) is 0 Å². The minimum atomic E-state index is 0. The smallest absolute Gasteiger partial charge is 0.344 e. The Morgan fingerprint density at radius 3 is 2.00 bits per heavy atom. The zero-order valence-corrected chi connectivity index (χ0v) is 10.5. The summed E-state index contributed by atoms with van der Waals surface area (Å²) in [5.74, 6) is 0.886. The zero-order chi connectivity index (χ0) is 11.2. The molecule has 1 radical (unpaired) electrons. The molecule has 0 saturated heterocycles. The number of anilines is 1. The van der Waals surface area contributed by atoms with E-state index in [1.165, 1.54) is 0 Å². The van der Waals surface area contributed by atoms with Gasteiger partial charge in [-0.05, 0) is 31.2 Å². The maximum Gasteiger partial charge on any atom is 2.00 e. The fourth-order valence-electron chi connectivity index (χ4n) is 1.45. The van der Waals surface area contributed by atoms with E-state index in [0.29, 0.717) is 0 Å². The van der Waals surface area contributed by atoms with E-state index in [0.717, 1.165) is 17.2 Å². The molecule has 0 heterocycles. The molecule has 2 nitrogen and oxygen atoms in total. The minimum Gasteiger partial charge on any atom is -0.344 e. The Hall–Kier alpha value is -1.57. The van der Waals surface area contributed by atoms with Crippen molar-refractivity contribution in [1.82, 2.24) is 0 Å². The molecule has 0 aliphatic heterocycles. The third-order valence-corrected chi connectivity index (χ3v) is 2.15. The molecule has 3 heteroatoms. The van der Waals surface area contributed by atoms with Crippen LogP contribution in [0.1, 0.15) is 6.92 Å². The second-order valence-electron chi connectivity index (χ2n) is 3.52. The third-order valence-electron chi connectivity index (χ3n) is 2.15. The van der Waals surface area contributed by atoms with Crippen molar-refractivity contribution in [2.24, 2.45) is 4.99 Å². The van der Waals surface area contributed by atoms with Gasteiger partial charge in [0.2, 0.25) is 0 Å². The monoisotopic (exact) mass is 273 g/mol. The van der Waals surface area contributed by atoms with E-state index in [2.05, 4.69) is 10.3 Å². The van der Waals surface area contributed by atoms with Crippen molar-refractivity contribution in [2.45, 2.75) is 6.92 Å². The van der Waals surface area contributed by atoms with Crippen molar-refractivity contribution in [2.75, 3.05) is 5.32 Å². The molecule has 0 aromatic heterocycles. The standard InChI is InChI=1S/C14H14N2.Cu/c1-12(15-13-8-4-2-5-9-13)16-14-10-6-3-7-11-14;/h2-11H,1H3,(H,15,16);/q;+2. The molecule has 0 saturated carbocycles. The van der Waals surface area contributed by atoms with Gasteiger partial charge in [-0.3, -0.25) is 0 Å². The van der Waals surface area contributed by atoms with Gasteiger partial charge in [0.25, 0.3) is 0 Å². The molecule has 0 fully saturated rings. The predicted molar refractivity (Wildman–Crippen MR) is 69.3 cm³/mol. The molecule has 0 atom stereocenters. The molecule has 0 aliphatic carbocycles. The van der Waals surface area contributed by atoms with Crippen LogP contribution in [0.3, 0.4) is 0 Å². The molecule has 2 aromatic carbocycles. The summed E-state index contributed by atoms with van der Waals surface area (Å²) in [6.45, 7) is 1.96. The number of hydrogen-bond donors (Lipinski definition) is 1. The van der Waals surface area contributed by atoms with Gasteiger partial charge in [0.1, 0.15) is 5.84 Å². The summed E-state index contributed by atoms with van der Waals surface area (Å²) in [6, 6.07) is 19.9. The first-order chi connectivity index (χ1) is 7.84. The quantitative estimate of drug-likeness (QED) is 0.502. The first-order valence-electron chi connectivity index (χ1n) is 5.27. The van der Waals surface area contributed by atoms with Gasteiger partial charge in [-0.25, -0.2) is 4.99 Å². The van der Waals surface area contributed by atoms with E-state index >= 15 is 0 Å². The van der Waals surface area contributed by atoms with Crippen molar-refractivity contribution in [3.63, 3.8) is 0 Å². The SMILES string of the molecule is CC(=Nc1ccccc1)Nc1ccccc1.[Cu+2]. The van der Waals surface area contributed by atoms with Crippen LogP contribution in [0.2, 0.25) is 0 Å². The van der Waals surface area contributed by atoms with E-state index in [-0.39, 0.29) is 17.1 Å². The van der Waals surface area contributed by atoms with Crippen molar-refractivity contribution in [3.8, 4) is 0 Å². The molecule has 0 bridgehead atoms. The number of benzene rings is 2. The van der Waals surface area contributed by atoms with E-state index in [1.807, 2.05) is 67.6 Å². The second kappa shape index (κ2) is 6.89. The maximum absolute atomic E-state index is 4.46. The normalized spacial score (nSPS) is 10.5. The van der Waals surface area contributed by atoms with Crippen LogP contribution >= 0.6 is 0 Å². The van der Waals surface area contributed by atoms with Gasteiger partial charge in [-0.2, -0.15) is 0 Å². The fourth-order valence-corrected chi connectivity index (χ4v) is 1.45. The van der Waals surface area contributed by atoms with Crippen LogP contribution in [0, 0.1) is 0 Å². The van der Waals surface area contributed by atoms with Gasteiger partial charge >= 0.3 is 17.1 Å². The largest absolute Gasteiger partial charge is 2.00 e. The van der Waals surface area contributed by atoms with Crippen LogP contribution in [-0.2, 0) is 17.1 Å². The summed E-state index contributed by atoms with van der Waals surface area (Å²) >= 11 is 0. The molecule has 0 spiro atoms. The van der Waals surface area contributed by atoms with Crippen LogP contribution in [0.25, 0.3) is 0 Å². The third kappa shape index (κ3) is 4.43. The van der Waals surface area contributed by atoms with Crippen LogP contribution < -0.4 is 5.32 Å². The summed E-state index contributed by atoms with van der Waals surface area (Å²) < 4.78 is 0. The molecular formula is C14H14CuN2+2. The second-order valence-corrected chi connectivity index (χ2v) is 3.52. The summed E-state index contributed by atoms with van der Waals surface area (Å²) in [5, 5.41) is 3.24. The van der Waals surface area contributed by atoms with E-state index in [1.54, 1.807) is 0 Å². The predicted octanol–water partition coefficient (Wildman–Crippen LogP) is 3.85. The van der Waals surface area contributed by atoms with Crippen molar-refractivity contribution < 1.29 is 17.1 Å². The Bertz CT molecular complexity index is 466. The summed E-state index contributed by atoms with van der Waals surface area (Å²) in [7, 11) is 0. The van der Waals surface area contributed by atoms with E-state index in [9.17, 15) is 0 Å². The van der Waals surface area contributed by atoms with Gasteiger partial charge in [-0.15, -0.1) is 0 Å². The molecule has 0 unspecified atom stereocenters. The number of hydrogen-bond acceptors (Lipinski definition) is 1. The van der Waals surface area contributed by atoms with Gasteiger partial charge in [-0.1, -0.05) is 36.4 Å².